The van der Waals surface area contributed by atoms with Gasteiger partial charge in [0.1, 0.15) is 6.04 Å². The van der Waals surface area contributed by atoms with E-state index in [-0.39, 0.29) is 11.3 Å². The fraction of sp³-hybridized carbons (Fsp3) is 0.100. The first-order valence-corrected chi connectivity index (χ1v) is 9.60. The minimum Gasteiger partial charge on any atom is -0.480 e. The lowest BCUT2D eigenvalue weighted by atomic mass is 10.1. The van der Waals surface area contributed by atoms with Crippen molar-refractivity contribution >= 4 is 26.8 Å². The smallest absolute Gasteiger partial charge is 0.322 e. The van der Waals surface area contributed by atoms with E-state index in [4.69, 9.17) is 5.26 Å². The number of benzene rings is 3. The van der Waals surface area contributed by atoms with Crippen LogP contribution in [0.25, 0.3) is 10.8 Å². The number of rotatable bonds is 6. The van der Waals surface area contributed by atoms with Crippen LogP contribution in [0.2, 0.25) is 0 Å². The highest BCUT2D eigenvalue weighted by Gasteiger charge is 2.25. The van der Waals surface area contributed by atoms with E-state index in [1.165, 1.54) is 12.1 Å². The molecule has 27 heavy (non-hydrogen) atoms. The Morgan fingerprint density at radius 1 is 1.04 bits per heavy atom. The molecule has 0 fully saturated rings. The van der Waals surface area contributed by atoms with Crippen molar-refractivity contribution in [1.82, 2.24) is 4.72 Å². The molecule has 7 heteroatoms. The SMILES string of the molecule is N#Cc1ccc(C[C@H](NS(=O)(=O)c2ccc3ccccc3c2)C(=O)O)cc1. The minimum absolute atomic E-state index is 0.00674. The number of nitrogens with zero attached hydrogens (tertiary/aromatic N) is 1. The Morgan fingerprint density at radius 3 is 2.33 bits per heavy atom. The molecule has 1 atom stereocenters. The van der Waals surface area contributed by atoms with Gasteiger partial charge in [0, 0.05) is 0 Å². The van der Waals surface area contributed by atoms with Crippen LogP contribution < -0.4 is 4.72 Å². The van der Waals surface area contributed by atoms with E-state index in [2.05, 4.69) is 4.72 Å². The second-order valence-electron chi connectivity index (χ2n) is 6.03. The van der Waals surface area contributed by atoms with Crippen molar-refractivity contribution in [3.63, 3.8) is 0 Å². The summed E-state index contributed by atoms with van der Waals surface area (Å²) in [5, 5.41) is 19.9. The molecule has 0 saturated heterocycles. The lowest BCUT2D eigenvalue weighted by Crippen LogP contribution is -2.42. The summed E-state index contributed by atoms with van der Waals surface area (Å²) in [7, 11) is -4.01. The summed E-state index contributed by atoms with van der Waals surface area (Å²) in [5.74, 6) is -1.27. The Bertz CT molecular complexity index is 1130. The van der Waals surface area contributed by atoms with Crippen molar-refractivity contribution in [3.05, 3.63) is 77.9 Å². The normalized spacial score (nSPS) is 12.4. The molecule has 0 saturated carbocycles. The molecule has 3 rings (SSSR count). The molecule has 0 aromatic heterocycles. The van der Waals surface area contributed by atoms with E-state index in [0.29, 0.717) is 11.1 Å². The predicted molar refractivity (Wildman–Crippen MR) is 101 cm³/mol. The first-order valence-electron chi connectivity index (χ1n) is 8.12. The summed E-state index contributed by atoms with van der Waals surface area (Å²) in [4.78, 5) is 11.6. The summed E-state index contributed by atoms with van der Waals surface area (Å²) in [6.45, 7) is 0. The second kappa shape index (κ2) is 7.58. The fourth-order valence-electron chi connectivity index (χ4n) is 2.72. The van der Waals surface area contributed by atoms with Gasteiger partial charge < -0.3 is 5.11 Å². The van der Waals surface area contributed by atoms with E-state index in [1.807, 2.05) is 18.2 Å². The third kappa shape index (κ3) is 4.31. The lowest BCUT2D eigenvalue weighted by molar-refractivity contribution is -0.138. The average molecular weight is 380 g/mol. The van der Waals surface area contributed by atoms with Crippen LogP contribution in [0.15, 0.2) is 71.6 Å². The molecule has 0 bridgehead atoms. The molecule has 0 radical (unpaired) electrons. The standard InChI is InChI=1S/C20H16N2O4S/c21-13-15-7-5-14(6-8-15)11-19(20(23)24)22-27(25,26)18-10-9-16-3-1-2-4-17(16)12-18/h1-10,12,19,22H,11H2,(H,23,24)/t19-/m0/s1. The van der Waals surface area contributed by atoms with Crippen LogP contribution in [-0.2, 0) is 21.2 Å². The van der Waals surface area contributed by atoms with Gasteiger partial charge >= 0.3 is 5.97 Å². The van der Waals surface area contributed by atoms with Gasteiger partial charge in [-0.1, -0.05) is 42.5 Å². The van der Waals surface area contributed by atoms with Crippen molar-refractivity contribution in [2.75, 3.05) is 0 Å². The van der Waals surface area contributed by atoms with E-state index in [1.54, 1.807) is 42.5 Å². The zero-order chi connectivity index (χ0) is 19.4. The molecular weight excluding hydrogens is 364 g/mol. The van der Waals surface area contributed by atoms with Crippen molar-refractivity contribution in [3.8, 4) is 6.07 Å². The average Bonchev–Trinajstić information content (AvgIpc) is 2.67. The third-order valence-corrected chi connectivity index (χ3v) is 5.62. The lowest BCUT2D eigenvalue weighted by Gasteiger charge is -2.15. The summed E-state index contributed by atoms with van der Waals surface area (Å²) in [6.07, 6.45) is -0.0339. The van der Waals surface area contributed by atoms with Gasteiger partial charge in [0.2, 0.25) is 10.0 Å². The topological polar surface area (TPSA) is 107 Å². The number of carboxylic acids is 1. The van der Waals surface area contributed by atoms with Gasteiger partial charge in [0.25, 0.3) is 0 Å². The molecule has 3 aromatic rings. The highest BCUT2D eigenvalue weighted by molar-refractivity contribution is 7.89. The fourth-order valence-corrected chi connectivity index (χ4v) is 3.94. The number of hydrogen-bond donors (Lipinski definition) is 2. The summed E-state index contributed by atoms with van der Waals surface area (Å²) in [6, 6.07) is 19.0. The number of sulfonamides is 1. The molecule has 0 heterocycles. The Balaban J connectivity index is 1.85. The van der Waals surface area contributed by atoms with Gasteiger partial charge in [-0.2, -0.15) is 9.98 Å². The van der Waals surface area contributed by atoms with Crippen LogP contribution in [0, 0.1) is 11.3 Å². The quantitative estimate of drug-likeness (QED) is 0.684. The number of nitrogens with one attached hydrogen (secondary N) is 1. The number of hydrogen-bond acceptors (Lipinski definition) is 4. The molecule has 136 valence electrons. The van der Waals surface area contributed by atoms with Crippen LogP contribution in [0.4, 0.5) is 0 Å². The van der Waals surface area contributed by atoms with E-state index >= 15 is 0 Å². The predicted octanol–water partition coefficient (Wildman–Crippen LogP) is 2.69. The van der Waals surface area contributed by atoms with Crippen LogP contribution in [0.3, 0.4) is 0 Å². The number of carbonyl (C=O) groups is 1. The largest absolute Gasteiger partial charge is 0.480 e. The van der Waals surface area contributed by atoms with Gasteiger partial charge in [0.15, 0.2) is 0 Å². The molecule has 0 aliphatic carbocycles. The second-order valence-corrected chi connectivity index (χ2v) is 7.75. The maximum absolute atomic E-state index is 12.7. The van der Waals surface area contributed by atoms with Crippen molar-refractivity contribution in [2.45, 2.75) is 17.4 Å². The molecule has 3 aromatic carbocycles. The highest BCUT2D eigenvalue weighted by atomic mass is 32.2. The Morgan fingerprint density at radius 2 is 1.70 bits per heavy atom. The molecule has 0 unspecified atom stereocenters. The molecule has 0 aliphatic heterocycles. The molecule has 0 amide bonds. The van der Waals surface area contributed by atoms with Crippen LogP contribution in [-0.4, -0.2) is 25.5 Å². The zero-order valence-corrected chi connectivity index (χ0v) is 15.0. The summed E-state index contributed by atoms with van der Waals surface area (Å²) in [5.41, 5.74) is 1.06. The number of fused-ring (bicyclic) bond motifs is 1. The van der Waals surface area contributed by atoms with Crippen molar-refractivity contribution in [1.29, 1.82) is 5.26 Å². The minimum atomic E-state index is -4.01. The van der Waals surface area contributed by atoms with Gasteiger partial charge in [-0.15, -0.1) is 0 Å². The maximum atomic E-state index is 12.7. The Kier molecular flexibility index (Phi) is 5.21. The van der Waals surface area contributed by atoms with E-state index < -0.39 is 22.0 Å². The van der Waals surface area contributed by atoms with Gasteiger partial charge in [-0.3, -0.25) is 4.79 Å². The number of aliphatic carboxylic acids is 1. The van der Waals surface area contributed by atoms with E-state index in [9.17, 15) is 18.3 Å². The zero-order valence-electron chi connectivity index (χ0n) is 14.2. The van der Waals surface area contributed by atoms with E-state index in [0.717, 1.165) is 10.8 Å². The number of nitriles is 1. The Hall–Kier alpha value is -3.21. The molecule has 6 nitrogen and oxygen atoms in total. The summed E-state index contributed by atoms with van der Waals surface area (Å²) < 4.78 is 27.6. The molecule has 0 aliphatic rings. The molecule has 0 spiro atoms. The monoisotopic (exact) mass is 380 g/mol. The first kappa shape index (κ1) is 18.6. The number of carboxylic acid groups (broad SMARTS) is 1. The molecule has 2 N–H and O–H groups in total. The third-order valence-electron chi connectivity index (χ3n) is 4.15. The Labute approximate surface area is 156 Å². The van der Waals surface area contributed by atoms with Crippen LogP contribution in [0.1, 0.15) is 11.1 Å². The van der Waals surface area contributed by atoms with Gasteiger partial charge in [-0.25, -0.2) is 8.42 Å². The summed E-state index contributed by atoms with van der Waals surface area (Å²) >= 11 is 0. The maximum Gasteiger partial charge on any atom is 0.322 e. The van der Waals surface area contributed by atoms with Crippen molar-refractivity contribution in [2.24, 2.45) is 0 Å². The van der Waals surface area contributed by atoms with Gasteiger partial charge in [0.05, 0.1) is 16.5 Å². The molecular formula is C20H16N2O4S. The van der Waals surface area contributed by atoms with Gasteiger partial charge in [-0.05, 0) is 47.0 Å². The van der Waals surface area contributed by atoms with Crippen LogP contribution >= 0.6 is 0 Å². The first-order chi connectivity index (χ1) is 12.9. The van der Waals surface area contributed by atoms with Crippen LogP contribution in [0.5, 0.6) is 0 Å². The highest BCUT2D eigenvalue weighted by Crippen LogP contribution is 2.19. The van der Waals surface area contributed by atoms with Crippen molar-refractivity contribution < 1.29 is 18.3 Å².